The van der Waals surface area contributed by atoms with Gasteiger partial charge in [-0.25, -0.2) is 9.31 Å². The summed E-state index contributed by atoms with van der Waals surface area (Å²) < 4.78 is 1.63. The number of hydrogen-bond donors (Lipinski definition) is 3. The van der Waals surface area contributed by atoms with Gasteiger partial charge in [-0.3, -0.25) is 0 Å². The molecule has 0 bridgehead atoms. The van der Waals surface area contributed by atoms with E-state index in [9.17, 15) is 4.79 Å². The van der Waals surface area contributed by atoms with Crippen molar-refractivity contribution in [3.63, 3.8) is 0 Å². The van der Waals surface area contributed by atoms with E-state index in [0.717, 1.165) is 16.6 Å². The monoisotopic (exact) mass is 346 g/mol. The molecule has 0 aliphatic carbocycles. The number of nitrogens with two attached hydrogens (primary N) is 1. The van der Waals surface area contributed by atoms with Crippen LogP contribution in [-0.2, 0) is 0 Å². The average Bonchev–Trinajstić information content (AvgIpc) is 3.03. The second kappa shape index (κ2) is 7.35. The molecule has 0 spiro atoms. The van der Waals surface area contributed by atoms with Crippen LogP contribution in [0.2, 0.25) is 0 Å². The van der Waals surface area contributed by atoms with Crippen molar-refractivity contribution in [3.05, 3.63) is 79.7 Å². The Kier molecular flexibility index (Phi) is 4.80. The van der Waals surface area contributed by atoms with Gasteiger partial charge < -0.3 is 16.4 Å². The van der Waals surface area contributed by atoms with Crippen molar-refractivity contribution in [2.24, 2.45) is 0 Å². The van der Waals surface area contributed by atoms with E-state index in [1.807, 2.05) is 36.4 Å². The van der Waals surface area contributed by atoms with Gasteiger partial charge in [-0.1, -0.05) is 42.6 Å². The summed E-state index contributed by atoms with van der Waals surface area (Å²) in [4.78, 5) is 12.0. The molecule has 1 aromatic carbocycles. The Morgan fingerprint density at radius 2 is 1.96 bits per heavy atom. The zero-order valence-corrected chi connectivity index (χ0v) is 14.0. The topological polar surface area (TPSA) is 97.3 Å². The zero-order chi connectivity index (χ0) is 18.5. The fraction of sp³-hybridized carbons (Fsp3) is 0. The first-order valence-corrected chi connectivity index (χ1v) is 7.85. The Morgan fingerprint density at radius 1 is 1.19 bits per heavy atom. The molecule has 0 fully saturated rings. The van der Waals surface area contributed by atoms with Gasteiger partial charge in [0.15, 0.2) is 5.82 Å². The molecule has 0 aliphatic rings. The Hall–Kier alpha value is -3.87. The molecule has 0 atom stereocenters. The standard InChI is InChI=1S/C19H18N6O/c1-3-6-14(4-2)21-19(26)22-15-10-8-13(9-11-15)16-7-5-12-25-17(16)18(20)23-24-25/h3-12H,1-2,20H2,(H2,21,22,26)/b14-6+. The first kappa shape index (κ1) is 17.0. The third-order valence-corrected chi connectivity index (χ3v) is 3.69. The van der Waals surface area contributed by atoms with E-state index in [4.69, 9.17) is 5.73 Å². The van der Waals surface area contributed by atoms with Gasteiger partial charge in [-0.2, -0.15) is 0 Å². The number of hydrogen-bond acceptors (Lipinski definition) is 4. The summed E-state index contributed by atoms with van der Waals surface area (Å²) in [5.41, 5.74) is 9.72. The minimum absolute atomic E-state index is 0.364. The minimum atomic E-state index is -0.364. The molecule has 0 unspecified atom stereocenters. The number of anilines is 2. The Balaban J connectivity index is 1.79. The lowest BCUT2D eigenvalue weighted by Gasteiger charge is -2.09. The maximum absolute atomic E-state index is 12.0. The zero-order valence-electron chi connectivity index (χ0n) is 14.0. The molecule has 0 aliphatic heterocycles. The SMILES string of the molecule is C=C/C=C(\C=C)NC(=O)Nc1ccc(-c2cccn3nnc(N)c23)cc1. The number of pyridine rings is 1. The Bertz CT molecular complexity index is 1000. The lowest BCUT2D eigenvalue weighted by atomic mass is 10.1. The molecule has 2 aromatic heterocycles. The van der Waals surface area contributed by atoms with Gasteiger partial charge >= 0.3 is 6.03 Å². The van der Waals surface area contributed by atoms with Gasteiger partial charge in [-0.15, -0.1) is 5.10 Å². The van der Waals surface area contributed by atoms with Crippen LogP contribution in [0.25, 0.3) is 16.6 Å². The number of allylic oxidation sites excluding steroid dienone is 3. The second-order valence-corrected chi connectivity index (χ2v) is 5.41. The molecule has 0 saturated heterocycles. The number of rotatable bonds is 5. The average molecular weight is 346 g/mol. The number of nitrogens with zero attached hydrogens (tertiary/aromatic N) is 3. The van der Waals surface area contributed by atoms with Crippen molar-refractivity contribution in [2.45, 2.75) is 0 Å². The molecule has 2 amide bonds. The van der Waals surface area contributed by atoms with E-state index in [1.165, 1.54) is 6.08 Å². The van der Waals surface area contributed by atoms with Crippen LogP contribution in [0, 0.1) is 0 Å². The first-order chi connectivity index (χ1) is 12.6. The molecule has 7 nitrogen and oxygen atoms in total. The molecule has 130 valence electrons. The summed E-state index contributed by atoms with van der Waals surface area (Å²) in [6, 6.07) is 10.9. The smallest absolute Gasteiger partial charge is 0.323 e. The van der Waals surface area contributed by atoms with Crippen LogP contribution >= 0.6 is 0 Å². The van der Waals surface area contributed by atoms with Crippen molar-refractivity contribution in [3.8, 4) is 11.1 Å². The van der Waals surface area contributed by atoms with E-state index in [2.05, 4.69) is 34.1 Å². The van der Waals surface area contributed by atoms with Gasteiger partial charge in [0, 0.05) is 23.1 Å². The largest absolute Gasteiger partial charge is 0.380 e. The number of benzene rings is 1. The van der Waals surface area contributed by atoms with Crippen LogP contribution in [0.4, 0.5) is 16.3 Å². The van der Waals surface area contributed by atoms with Crippen LogP contribution in [0.15, 0.2) is 79.7 Å². The molecule has 7 heteroatoms. The third-order valence-electron chi connectivity index (χ3n) is 3.69. The summed E-state index contributed by atoms with van der Waals surface area (Å²) in [6.45, 7) is 7.22. The van der Waals surface area contributed by atoms with E-state index in [1.54, 1.807) is 22.9 Å². The van der Waals surface area contributed by atoms with Crippen LogP contribution in [-0.4, -0.2) is 20.9 Å². The van der Waals surface area contributed by atoms with Crippen LogP contribution < -0.4 is 16.4 Å². The Labute approximate surface area is 150 Å². The quantitative estimate of drug-likeness (QED) is 0.617. The summed E-state index contributed by atoms with van der Waals surface area (Å²) in [5, 5.41) is 13.3. The first-order valence-electron chi connectivity index (χ1n) is 7.85. The predicted molar refractivity (Wildman–Crippen MR) is 103 cm³/mol. The summed E-state index contributed by atoms with van der Waals surface area (Å²) in [7, 11) is 0. The fourth-order valence-electron chi connectivity index (χ4n) is 2.52. The summed E-state index contributed by atoms with van der Waals surface area (Å²) in [6.07, 6.45) is 6.55. The molecular formula is C19H18N6O. The van der Waals surface area contributed by atoms with Crippen molar-refractivity contribution in [1.29, 1.82) is 0 Å². The summed E-state index contributed by atoms with van der Waals surface area (Å²) in [5.74, 6) is 0.369. The van der Waals surface area contributed by atoms with Gasteiger partial charge in [0.25, 0.3) is 0 Å². The molecule has 0 saturated carbocycles. The van der Waals surface area contributed by atoms with Crippen LogP contribution in [0.3, 0.4) is 0 Å². The summed E-state index contributed by atoms with van der Waals surface area (Å²) >= 11 is 0. The highest BCUT2D eigenvalue weighted by molar-refractivity contribution is 5.92. The number of fused-ring (bicyclic) bond motifs is 1. The Morgan fingerprint density at radius 3 is 2.65 bits per heavy atom. The number of amides is 2. The van der Waals surface area contributed by atoms with E-state index < -0.39 is 0 Å². The lowest BCUT2D eigenvalue weighted by molar-refractivity contribution is 0.254. The van der Waals surface area contributed by atoms with Crippen LogP contribution in [0.1, 0.15) is 0 Å². The lowest BCUT2D eigenvalue weighted by Crippen LogP contribution is -2.27. The second-order valence-electron chi connectivity index (χ2n) is 5.41. The van der Waals surface area contributed by atoms with Crippen LogP contribution in [0.5, 0.6) is 0 Å². The predicted octanol–water partition coefficient (Wildman–Crippen LogP) is 3.36. The van der Waals surface area contributed by atoms with Gasteiger partial charge in [0.1, 0.15) is 5.52 Å². The molecule has 4 N–H and O–H groups in total. The normalized spacial score (nSPS) is 11.2. The van der Waals surface area contributed by atoms with Gasteiger partial charge in [0.2, 0.25) is 0 Å². The van der Waals surface area contributed by atoms with E-state index in [-0.39, 0.29) is 6.03 Å². The minimum Gasteiger partial charge on any atom is -0.380 e. The number of aromatic nitrogens is 3. The van der Waals surface area contributed by atoms with Crippen molar-refractivity contribution < 1.29 is 4.79 Å². The number of carbonyl (C=O) groups excluding carboxylic acids is 1. The molecule has 3 aromatic rings. The van der Waals surface area contributed by atoms with Gasteiger partial charge in [-0.05, 0) is 35.9 Å². The fourth-order valence-corrected chi connectivity index (χ4v) is 2.52. The molecule has 26 heavy (non-hydrogen) atoms. The maximum atomic E-state index is 12.0. The van der Waals surface area contributed by atoms with Crippen molar-refractivity contribution in [2.75, 3.05) is 11.1 Å². The van der Waals surface area contributed by atoms with Crippen molar-refractivity contribution in [1.82, 2.24) is 20.1 Å². The number of nitrogen functional groups attached to an aromatic ring is 1. The number of carbonyl (C=O) groups is 1. The van der Waals surface area contributed by atoms with E-state index >= 15 is 0 Å². The van der Waals surface area contributed by atoms with E-state index in [0.29, 0.717) is 17.2 Å². The highest BCUT2D eigenvalue weighted by Crippen LogP contribution is 2.28. The molecule has 0 radical (unpaired) electrons. The molecular weight excluding hydrogens is 328 g/mol. The number of urea groups is 1. The third kappa shape index (κ3) is 3.46. The van der Waals surface area contributed by atoms with Gasteiger partial charge in [0.05, 0.1) is 0 Å². The maximum Gasteiger partial charge on any atom is 0.323 e. The molecule has 3 rings (SSSR count). The van der Waals surface area contributed by atoms with Crippen molar-refractivity contribution >= 4 is 23.1 Å². The highest BCUT2D eigenvalue weighted by atomic mass is 16.2. The highest BCUT2D eigenvalue weighted by Gasteiger charge is 2.10. The molecule has 2 heterocycles. The number of nitrogens with one attached hydrogen (secondary N) is 2.